The highest BCUT2D eigenvalue weighted by atomic mass is 79.9. The standard InChI is InChI=1S/C9H11BrN2O/c1-6(10)9(13)12-8-4-2-7(11)3-5-8/h2-6H,11H2,1H3,(H,12,13). The number of amides is 1. The Bertz CT molecular complexity index is 295. The summed E-state index contributed by atoms with van der Waals surface area (Å²) in [6, 6.07) is 7.02. The SMILES string of the molecule is CC(Br)C(=O)Nc1ccc(N)cc1. The highest BCUT2D eigenvalue weighted by Gasteiger charge is 2.07. The van der Waals surface area contributed by atoms with Crippen LogP contribution in [0.2, 0.25) is 0 Å². The lowest BCUT2D eigenvalue weighted by Gasteiger charge is -2.06. The van der Waals surface area contributed by atoms with Crippen LogP contribution in [-0.2, 0) is 4.79 Å². The largest absolute Gasteiger partial charge is 0.399 e. The van der Waals surface area contributed by atoms with Crippen LogP contribution in [0.25, 0.3) is 0 Å². The highest BCUT2D eigenvalue weighted by molar-refractivity contribution is 9.10. The van der Waals surface area contributed by atoms with E-state index >= 15 is 0 Å². The van der Waals surface area contributed by atoms with Gasteiger partial charge in [0, 0.05) is 11.4 Å². The first-order valence-electron chi connectivity index (χ1n) is 3.90. The molecule has 0 saturated heterocycles. The van der Waals surface area contributed by atoms with Crippen LogP contribution in [0, 0.1) is 0 Å². The minimum Gasteiger partial charge on any atom is -0.399 e. The molecule has 4 heteroatoms. The molecule has 0 heterocycles. The van der Waals surface area contributed by atoms with Crippen LogP contribution in [0.1, 0.15) is 6.92 Å². The van der Waals surface area contributed by atoms with Crippen LogP contribution in [0.5, 0.6) is 0 Å². The minimum atomic E-state index is -0.190. The lowest BCUT2D eigenvalue weighted by molar-refractivity contribution is -0.115. The predicted octanol–water partition coefficient (Wildman–Crippen LogP) is 1.99. The Morgan fingerprint density at radius 2 is 2.00 bits per heavy atom. The third kappa shape index (κ3) is 3.06. The van der Waals surface area contributed by atoms with Gasteiger partial charge in [-0.25, -0.2) is 0 Å². The fraction of sp³-hybridized carbons (Fsp3) is 0.222. The average Bonchev–Trinajstić information content (AvgIpc) is 2.08. The van der Waals surface area contributed by atoms with Crippen molar-refractivity contribution in [1.82, 2.24) is 0 Å². The number of carbonyl (C=O) groups excluding carboxylic acids is 1. The lowest BCUT2D eigenvalue weighted by Crippen LogP contribution is -2.19. The van der Waals surface area contributed by atoms with E-state index in [0.29, 0.717) is 5.69 Å². The van der Waals surface area contributed by atoms with Crippen molar-refractivity contribution >= 4 is 33.2 Å². The van der Waals surface area contributed by atoms with E-state index in [2.05, 4.69) is 21.2 Å². The van der Waals surface area contributed by atoms with Crippen molar-refractivity contribution in [3.8, 4) is 0 Å². The molecule has 3 nitrogen and oxygen atoms in total. The molecule has 70 valence electrons. The first kappa shape index (κ1) is 10.1. The van der Waals surface area contributed by atoms with Gasteiger partial charge in [0.2, 0.25) is 5.91 Å². The molecule has 0 aliphatic rings. The number of hydrogen-bond donors (Lipinski definition) is 2. The first-order chi connectivity index (χ1) is 6.09. The van der Waals surface area contributed by atoms with Crippen molar-refractivity contribution in [3.63, 3.8) is 0 Å². The van der Waals surface area contributed by atoms with E-state index in [0.717, 1.165) is 5.69 Å². The topological polar surface area (TPSA) is 55.1 Å². The van der Waals surface area contributed by atoms with E-state index in [1.807, 2.05) is 0 Å². The van der Waals surface area contributed by atoms with Crippen LogP contribution in [0.3, 0.4) is 0 Å². The summed E-state index contributed by atoms with van der Waals surface area (Å²) in [6.45, 7) is 1.77. The van der Waals surface area contributed by atoms with Crippen molar-refractivity contribution in [2.24, 2.45) is 0 Å². The number of benzene rings is 1. The zero-order valence-corrected chi connectivity index (χ0v) is 8.84. The van der Waals surface area contributed by atoms with E-state index in [-0.39, 0.29) is 10.7 Å². The molecule has 0 aliphatic heterocycles. The molecule has 13 heavy (non-hydrogen) atoms. The molecule has 3 N–H and O–H groups in total. The van der Waals surface area contributed by atoms with Crippen LogP contribution in [0.15, 0.2) is 24.3 Å². The van der Waals surface area contributed by atoms with Gasteiger partial charge in [0.15, 0.2) is 0 Å². The number of hydrogen-bond acceptors (Lipinski definition) is 2. The molecular weight excluding hydrogens is 232 g/mol. The Labute approximate surface area is 85.4 Å². The Morgan fingerprint density at radius 1 is 1.46 bits per heavy atom. The van der Waals surface area contributed by atoms with Crippen LogP contribution in [0.4, 0.5) is 11.4 Å². The minimum absolute atomic E-state index is 0.0650. The summed E-state index contributed by atoms with van der Waals surface area (Å²) in [5, 5.41) is 2.73. The summed E-state index contributed by atoms with van der Waals surface area (Å²) in [5.41, 5.74) is 6.94. The number of carbonyl (C=O) groups is 1. The molecule has 0 aromatic heterocycles. The Kier molecular flexibility index (Phi) is 3.31. The maximum absolute atomic E-state index is 11.2. The average molecular weight is 243 g/mol. The third-order valence-electron chi connectivity index (χ3n) is 1.54. The number of halogens is 1. The van der Waals surface area contributed by atoms with Gasteiger partial charge < -0.3 is 11.1 Å². The van der Waals surface area contributed by atoms with Crippen molar-refractivity contribution in [1.29, 1.82) is 0 Å². The van der Waals surface area contributed by atoms with E-state index in [1.165, 1.54) is 0 Å². The molecule has 1 aromatic rings. The van der Waals surface area contributed by atoms with Gasteiger partial charge in [0.25, 0.3) is 0 Å². The molecule has 0 fully saturated rings. The van der Waals surface area contributed by atoms with Crippen molar-refractivity contribution < 1.29 is 4.79 Å². The van der Waals surface area contributed by atoms with Gasteiger partial charge in [0.1, 0.15) is 0 Å². The molecule has 0 saturated carbocycles. The van der Waals surface area contributed by atoms with E-state index in [4.69, 9.17) is 5.73 Å². The van der Waals surface area contributed by atoms with Crippen molar-refractivity contribution in [2.75, 3.05) is 11.1 Å². The Morgan fingerprint density at radius 3 is 2.46 bits per heavy atom. The fourth-order valence-corrected chi connectivity index (χ4v) is 0.923. The third-order valence-corrected chi connectivity index (χ3v) is 1.96. The Balaban J connectivity index is 2.65. The molecule has 1 unspecified atom stereocenters. The molecule has 0 bridgehead atoms. The van der Waals surface area contributed by atoms with Crippen LogP contribution < -0.4 is 11.1 Å². The van der Waals surface area contributed by atoms with Gasteiger partial charge in [-0.05, 0) is 31.2 Å². The van der Waals surface area contributed by atoms with E-state index in [1.54, 1.807) is 31.2 Å². The van der Waals surface area contributed by atoms with Crippen molar-refractivity contribution in [2.45, 2.75) is 11.8 Å². The molecule has 1 aromatic carbocycles. The number of alkyl halides is 1. The molecule has 0 aliphatic carbocycles. The fourth-order valence-electron chi connectivity index (χ4n) is 0.808. The molecular formula is C9H11BrN2O. The molecule has 0 radical (unpaired) electrons. The van der Waals surface area contributed by atoms with E-state index in [9.17, 15) is 4.79 Å². The summed E-state index contributed by atoms with van der Waals surface area (Å²) >= 11 is 3.17. The molecule has 1 amide bonds. The maximum Gasteiger partial charge on any atom is 0.237 e. The normalized spacial score (nSPS) is 12.2. The first-order valence-corrected chi connectivity index (χ1v) is 4.81. The van der Waals surface area contributed by atoms with Gasteiger partial charge >= 0.3 is 0 Å². The summed E-state index contributed by atoms with van der Waals surface area (Å²) in [5.74, 6) is -0.0650. The van der Waals surface area contributed by atoms with Gasteiger partial charge in [-0.1, -0.05) is 15.9 Å². The van der Waals surface area contributed by atoms with E-state index < -0.39 is 0 Å². The number of nitrogen functional groups attached to an aromatic ring is 1. The number of anilines is 2. The number of nitrogens with two attached hydrogens (primary N) is 1. The second-order valence-electron chi connectivity index (χ2n) is 2.73. The molecule has 0 spiro atoms. The smallest absolute Gasteiger partial charge is 0.237 e. The highest BCUT2D eigenvalue weighted by Crippen LogP contribution is 2.11. The van der Waals surface area contributed by atoms with Crippen LogP contribution in [-0.4, -0.2) is 10.7 Å². The van der Waals surface area contributed by atoms with Crippen molar-refractivity contribution in [3.05, 3.63) is 24.3 Å². The second-order valence-corrected chi connectivity index (χ2v) is 4.10. The zero-order chi connectivity index (χ0) is 9.84. The monoisotopic (exact) mass is 242 g/mol. The summed E-state index contributed by atoms with van der Waals surface area (Å²) in [4.78, 5) is 11.0. The molecule has 1 rings (SSSR count). The maximum atomic E-state index is 11.2. The Hall–Kier alpha value is -1.03. The summed E-state index contributed by atoms with van der Waals surface area (Å²) in [6.07, 6.45) is 0. The lowest BCUT2D eigenvalue weighted by atomic mass is 10.3. The number of nitrogens with one attached hydrogen (secondary N) is 1. The van der Waals surface area contributed by atoms with Gasteiger partial charge in [-0.2, -0.15) is 0 Å². The summed E-state index contributed by atoms with van der Waals surface area (Å²) < 4.78 is 0. The van der Waals surface area contributed by atoms with Gasteiger partial charge in [-0.15, -0.1) is 0 Å². The summed E-state index contributed by atoms with van der Waals surface area (Å²) in [7, 11) is 0. The predicted molar refractivity (Wildman–Crippen MR) is 57.9 cm³/mol. The zero-order valence-electron chi connectivity index (χ0n) is 7.25. The number of rotatable bonds is 2. The van der Waals surface area contributed by atoms with Crippen LogP contribution >= 0.6 is 15.9 Å². The molecule has 1 atom stereocenters. The van der Waals surface area contributed by atoms with Gasteiger partial charge in [0.05, 0.1) is 4.83 Å². The quantitative estimate of drug-likeness (QED) is 0.616. The second kappa shape index (κ2) is 4.28. The van der Waals surface area contributed by atoms with Gasteiger partial charge in [-0.3, -0.25) is 4.79 Å².